The number of hydrogen-bond acceptors (Lipinski definition) is 7. The smallest absolute Gasteiger partial charge is 0.274 e. The fraction of sp³-hybridized carbons (Fsp3) is 0.417. The maximum Gasteiger partial charge on any atom is 0.274 e. The highest BCUT2D eigenvalue weighted by molar-refractivity contribution is 7.16. The second-order valence-electron chi connectivity index (χ2n) is 8.32. The van der Waals surface area contributed by atoms with E-state index in [1.165, 1.54) is 23.5 Å². The third-order valence-corrected chi connectivity index (χ3v) is 6.27. The highest BCUT2D eigenvalue weighted by atomic mass is 32.1. The number of amides is 1. The van der Waals surface area contributed by atoms with Gasteiger partial charge in [0.2, 0.25) is 5.91 Å². The second kappa shape index (κ2) is 10.2. The van der Waals surface area contributed by atoms with E-state index < -0.39 is 0 Å². The van der Waals surface area contributed by atoms with E-state index in [0.29, 0.717) is 41.2 Å². The van der Waals surface area contributed by atoms with Crippen LogP contribution in [0, 0.1) is 5.82 Å². The fourth-order valence-corrected chi connectivity index (χ4v) is 4.67. The average molecular weight is 470 g/mol. The monoisotopic (exact) mass is 469 g/mol. The Bertz CT molecular complexity index is 1120. The van der Waals surface area contributed by atoms with Crippen LogP contribution in [-0.2, 0) is 4.79 Å². The van der Waals surface area contributed by atoms with Crippen LogP contribution in [0.4, 0.5) is 15.9 Å². The Balaban J connectivity index is 1.68. The zero-order chi connectivity index (χ0) is 23.4. The van der Waals surface area contributed by atoms with Gasteiger partial charge in [0.25, 0.3) is 5.19 Å². The van der Waals surface area contributed by atoms with Gasteiger partial charge < -0.3 is 15.0 Å². The molecule has 7 nitrogen and oxygen atoms in total. The van der Waals surface area contributed by atoms with Gasteiger partial charge in [-0.25, -0.2) is 19.3 Å². The first kappa shape index (κ1) is 23.1. The molecule has 0 saturated carbocycles. The lowest BCUT2D eigenvalue weighted by Gasteiger charge is -2.32. The molecule has 174 valence electrons. The van der Waals surface area contributed by atoms with Crippen molar-refractivity contribution in [2.75, 3.05) is 18.4 Å². The number of likely N-dealkylation sites (tertiary alicyclic amines) is 1. The van der Waals surface area contributed by atoms with Crippen molar-refractivity contribution in [1.82, 2.24) is 19.9 Å². The summed E-state index contributed by atoms with van der Waals surface area (Å²) in [6, 6.07) is 8.09. The molecule has 1 N–H and O–H groups in total. The molecule has 3 aromatic rings. The lowest BCUT2D eigenvalue weighted by atomic mass is 9.96. The highest BCUT2D eigenvalue weighted by Crippen LogP contribution is 2.34. The minimum atomic E-state index is -0.326. The maximum atomic E-state index is 13.7. The molecule has 9 heteroatoms. The Morgan fingerprint density at radius 1 is 1.33 bits per heavy atom. The third-order valence-electron chi connectivity index (χ3n) is 5.36. The Morgan fingerprint density at radius 2 is 2.18 bits per heavy atom. The van der Waals surface area contributed by atoms with Crippen molar-refractivity contribution in [2.24, 2.45) is 0 Å². The molecule has 1 amide bonds. The Labute approximate surface area is 197 Å². The van der Waals surface area contributed by atoms with Gasteiger partial charge in [-0.05, 0) is 44.9 Å². The standard InChI is InChI=1S/C24H28FN5O2S/c1-4-22(31)30-10-6-7-16(14-30)23-28-19(20-13-26-24(33-20)32-15(2)3)12-21(29-23)27-18-9-5-8-17(25)11-18/h5,8-9,11-13,15-16H,4,6-7,10,14H2,1-3H3,(H,27,28,29). The van der Waals surface area contributed by atoms with Crippen LogP contribution in [0.1, 0.15) is 51.8 Å². The van der Waals surface area contributed by atoms with Gasteiger partial charge in [-0.2, -0.15) is 0 Å². The number of hydrogen-bond donors (Lipinski definition) is 1. The van der Waals surface area contributed by atoms with Gasteiger partial charge >= 0.3 is 0 Å². The Morgan fingerprint density at radius 3 is 2.94 bits per heavy atom. The summed E-state index contributed by atoms with van der Waals surface area (Å²) in [6.07, 6.45) is 4.07. The van der Waals surface area contributed by atoms with Crippen molar-refractivity contribution in [2.45, 2.75) is 52.1 Å². The number of ether oxygens (including phenoxy) is 1. The largest absolute Gasteiger partial charge is 0.467 e. The number of nitrogens with one attached hydrogen (secondary N) is 1. The third kappa shape index (κ3) is 5.84. The van der Waals surface area contributed by atoms with Gasteiger partial charge in [-0.1, -0.05) is 24.3 Å². The van der Waals surface area contributed by atoms with E-state index in [-0.39, 0.29) is 23.7 Å². The molecule has 0 spiro atoms. The molecule has 2 aromatic heterocycles. The van der Waals surface area contributed by atoms with Gasteiger partial charge in [0.15, 0.2) is 0 Å². The molecule has 0 aliphatic carbocycles. The van der Waals surface area contributed by atoms with E-state index in [4.69, 9.17) is 14.7 Å². The van der Waals surface area contributed by atoms with Crippen molar-refractivity contribution in [3.05, 3.63) is 48.2 Å². The molecule has 0 bridgehead atoms. The summed E-state index contributed by atoms with van der Waals surface area (Å²) in [5.41, 5.74) is 1.32. The number of carbonyl (C=O) groups is 1. The van der Waals surface area contributed by atoms with Gasteiger partial charge in [0.1, 0.15) is 17.5 Å². The number of carbonyl (C=O) groups excluding carboxylic acids is 1. The van der Waals surface area contributed by atoms with Crippen LogP contribution >= 0.6 is 11.3 Å². The predicted octanol–water partition coefficient (Wildman–Crippen LogP) is 5.39. The van der Waals surface area contributed by atoms with Crippen molar-refractivity contribution < 1.29 is 13.9 Å². The first-order chi connectivity index (χ1) is 15.9. The molecule has 4 rings (SSSR count). The summed E-state index contributed by atoms with van der Waals surface area (Å²) in [7, 11) is 0. The minimum Gasteiger partial charge on any atom is -0.467 e. The van der Waals surface area contributed by atoms with E-state index in [9.17, 15) is 9.18 Å². The number of rotatable bonds is 7. The molecule has 1 saturated heterocycles. The topological polar surface area (TPSA) is 80.2 Å². The number of benzene rings is 1. The normalized spacial score (nSPS) is 16.2. The molecule has 0 radical (unpaired) electrons. The van der Waals surface area contributed by atoms with Crippen molar-refractivity contribution in [3.8, 4) is 15.8 Å². The van der Waals surface area contributed by atoms with Crippen LogP contribution in [0.25, 0.3) is 10.6 Å². The van der Waals surface area contributed by atoms with Gasteiger partial charge in [-0.15, -0.1) is 0 Å². The molecular formula is C24H28FN5O2S. The molecule has 1 aliphatic rings. The Hall–Kier alpha value is -3.07. The van der Waals surface area contributed by atoms with Gasteiger partial charge in [-0.3, -0.25) is 4.79 Å². The zero-order valence-electron chi connectivity index (χ0n) is 19.0. The van der Waals surface area contributed by atoms with E-state index in [1.807, 2.05) is 31.7 Å². The van der Waals surface area contributed by atoms with Crippen LogP contribution in [0.3, 0.4) is 0 Å². The highest BCUT2D eigenvalue weighted by Gasteiger charge is 2.27. The summed E-state index contributed by atoms with van der Waals surface area (Å²) in [5.74, 6) is 1.08. The summed E-state index contributed by atoms with van der Waals surface area (Å²) >= 11 is 1.42. The zero-order valence-corrected chi connectivity index (χ0v) is 19.9. The molecule has 1 aromatic carbocycles. The van der Waals surface area contributed by atoms with Crippen molar-refractivity contribution in [1.29, 1.82) is 0 Å². The molecular weight excluding hydrogens is 441 g/mol. The number of nitrogens with zero attached hydrogens (tertiary/aromatic N) is 4. The lowest BCUT2D eigenvalue weighted by molar-refractivity contribution is -0.132. The molecule has 33 heavy (non-hydrogen) atoms. The van der Waals surface area contributed by atoms with E-state index in [2.05, 4.69) is 10.3 Å². The maximum absolute atomic E-state index is 13.7. The molecule has 3 heterocycles. The SMILES string of the molecule is CCC(=O)N1CCCC(c2nc(Nc3cccc(F)c3)cc(-c3cnc(OC(C)C)s3)n2)C1. The summed E-state index contributed by atoms with van der Waals surface area (Å²) in [4.78, 5) is 29.0. The van der Waals surface area contributed by atoms with Gasteiger partial charge in [0.05, 0.1) is 22.9 Å². The van der Waals surface area contributed by atoms with Gasteiger partial charge in [0, 0.05) is 37.2 Å². The number of piperidine rings is 1. The van der Waals surface area contributed by atoms with Crippen LogP contribution in [-0.4, -0.2) is 45.0 Å². The van der Waals surface area contributed by atoms with E-state index in [1.54, 1.807) is 18.3 Å². The molecule has 1 unspecified atom stereocenters. The van der Waals surface area contributed by atoms with Crippen LogP contribution in [0.2, 0.25) is 0 Å². The van der Waals surface area contributed by atoms with E-state index >= 15 is 0 Å². The number of aromatic nitrogens is 3. The first-order valence-electron chi connectivity index (χ1n) is 11.2. The van der Waals surface area contributed by atoms with Crippen molar-refractivity contribution in [3.63, 3.8) is 0 Å². The average Bonchev–Trinajstić information content (AvgIpc) is 3.26. The molecule has 1 atom stereocenters. The fourth-order valence-electron chi connectivity index (χ4n) is 3.82. The van der Waals surface area contributed by atoms with Crippen LogP contribution < -0.4 is 10.1 Å². The number of anilines is 2. The first-order valence-corrected chi connectivity index (χ1v) is 12.0. The van der Waals surface area contributed by atoms with E-state index in [0.717, 1.165) is 24.3 Å². The summed E-state index contributed by atoms with van der Waals surface area (Å²) < 4.78 is 19.4. The Kier molecular flexibility index (Phi) is 7.17. The number of thiazole rings is 1. The number of halogens is 1. The van der Waals surface area contributed by atoms with Crippen LogP contribution in [0.15, 0.2) is 36.5 Å². The predicted molar refractivity (Wildman–Crippen MR) is 127 cm³/mol. The minimum absolute atomic E-state index is 0.0273. The molecule has 1 aliphatic heterocycles. The quantitative estimate of drug-likeness (QED) is 0.500. The summed E-state index contributed by atoms with van der Waals surface area (Å²) in [6.45, 7) is 7.15. The second-order valence-corrected chi connectivity index (χ2v) is 9.31. The van der Waals surface area contributed by atoms with Crippen molar-refractivity contribution >= 4 is 28.7 Å². The lowest BCUT2D eigenvalue weighted by Crippen LogP contribution is -2.39. The summed E-state index contributed by atoms with van der Waals surface area (Å²) in [5, 5.41) is 3.78. The van der Waals surface area contributed by atoms with Crippen LogP contribution in [0.5, 0.6) is 5.19 Å². The molecule has 1 fully saturated rings.